The monoisotopic (exact) mass is 283 g/mol. The van der Waals surface area contributed by atoms with E-state index in [1.807, 2.05) is 0 Å². The summed E-state index contributed by atoms with van der Waals surface area (Å²) >= 11 is 0. The molecule has 1 aliphatic rings. The lowest BCUT2D eigenvalue weighted by atomic mass is 9.93. The first-order valence-corrected chi connectivity index (χ1v) is 6.79. The van der Waals surface area contributed by atoms with Gasteiger partial charge in [-0.3, -0.25) is 0 Å². The van der Waals surface area contributed by atoms with Crippen LogP contribution < -0.4 is 16.0 Å². The Hall–Kier alpha value is -1.69. The number of hydrogen-bond acceptors (Lipinski definition) is 2. The number of rotatable bonds is 3. The van der Waals surface area contributed by atoms with E-state index in [1.54, 1.807) is 0 Å². The van der Waals surface area contributed by atoms with Crippen LogP contribution in [0.3, 0.4) is 0 Å². The Labute approximate surface area is 116 Å². The van der Waals surface area contributed by atoms with Crippen LogP contribution in [0.5, 0.6) is 0 Å². The van der Waals surface area contributed by atoms with Crippen molar-refractivity contribution in [2.24, 2.45) is 5.92 Å². The van der Waals surface area contributed by atoms with Gasteiger partial charge in [-0.1, -0.05) is 6.92 Å². The van der Waals surface area contributed by atoms with Crippen LogP contribution in [0.25, 0.3) is 0 Å². The van der Waals surface area contributed by atoms with Gasteiger partial charge in [-0.15, -0.1) is 0 Å². The van der Waals surface area contributed by atoms with Crippen LogP contribution in [0, 0.1) is 17.6 Å². The smallest absolute Gasteiger partial charge is 0.319 e. The number of halogens is 2. The van der Waals surface area contributed by atoms with E-state index in [9.17, 15) is 13.6 Å². The molecule has 1 aromatic rings. The number of amides is 2. The van der Waals surface area contributed by atoms with Crippen molar-refractivity contribution in [2.45, 2.75) is 25.8 Å². The molecule has 0 saturated carbocycles. The summed E-state index contributed by atoms with van der Waals surface area (Å²) in [7, 11) is 0. The molecule has 2 amide bonds. The van der Waals surface area contributed by atoms with Gasteiger partial charge >= 0.3 is 6.03 Å². The Kier molecular flexibility index (Phi) is 4.89. The second-order valence-electron chi connectivity index (χ2n) is 5.14. The number of carbonyl (C=O) groups excluding carboxylic acids is 1. The number of piperidine rings is 1. The lowest BCUT2D eigenvalue weighted by molar-refractivity contribution is 0.244. The molecule has 3 N–H and O–H groups in total. The van der Waals surface area contributed by atoms with Crippen molar-refractivity contribution in [1.29, 1.82) is 0 Å². The summed E-state index contributed by atoms with van der Waals surface area (Å²) in [6.45, 7) is 3.57. The Morgan fingerprint density at radius 2 is 2.25 bits per heavy atom. The lowest BCUT2D eigenvalue weighted by Crippen LogP contribution is -2.48. The molecule has 6 heteroatoms. The first-order chi connectivity index (χ1) is 9.56. The zero-order chi connectivity index (χ0) is 14.5. The highest BCUT2D eigenvalue weighted by atomic mass is 19.1. The fourth-order valence-corrected chi connectivity index (χ4v) is 2.35. The van der Waals surface area contributed by atoms with Gasteiger partial charge in [-0.25, -0.2) is 13.6 Å². The molecular formula is C14H19F2N3O. The number of anilines is 1. The molecule has 0 radical (unpaired) electrons. The second-order valence-corrected chi connectivity index (χ2v) is 5.14. The summed E-state index contributed by atoms with van der Waals surface area (Å²) in [5, 5.41) is 8.41. The van der Waals surface area contributed by atoms with Crippen molar-refractivity contribution in [3.8, 4) is 0 Å². The van der Waals surface area contributed by atoms with Gasteiger partial charge in [0.15, 0.2) is 0 Å². The van der Waals surface area contributed by atoms with Gasteiger partial charge in [0.2, 0.25) is 0 Å². The van der Waals surface area contributed by atoms with Crippen LogP contribution >= 0.6 is 0 Å². The van der Waals surface area contributed by atoms with Crippen molar-refractivity contribution in [3.05, 3.63) is 29.8 Å². The normalized spacial score (nSPS) is 22.4. The predicted molar refractivity (Wildman–Crippen MR) is 73.6 cm³/mol. The first-order valence-electron chi connectivity index (χ1n) is 6.79. The summed E-state index contributed by atoms with van der Waals surface area (Å²) < 4.78 is 26.1. The first kappa shape index (κ1) is 14.7. The van der Waals surface area contributed by atoms with Crippen molar-refractivity contribution in [1.82, 2.24) is 10.6 Å². The van der Waals surface area contributed by atoms with Crippen LogP contribution in [0.4, 0.5) is 19.3 Å². The Morgan fingerprint density at radius 3 is 2.95 bits per heavy atom. The zero-order valence-electron chi connectivity index (χ0n) is 11.4. The quantitative estimate of drug-likeness (QED) is 0.798. The molecule has 4 nitrogen and oxygen atoms in total. The van der Waals surface area contributed by atoms with Crippen LogP contribution in [-0.4, -0.2) is 25.2 Å². The van der Waals surface area contributed by atoms with Crippen molar-refractivity contribution in [2.75, 3.05) is 18.4 Å². The Bertz CT molecular complexity index is 481. The molecule has 2 atom stereocenters. The van der Waals surface area contributed by atoms with E-state index < -0.39 is 17.7 Å². The van der Waals surface area contributed by atoms with E-state index >= 15 is 0 Å². The highest BCUT2D eigenvalue weighted by molar-refractivity contribution is 5.89. The molecule has 0 bridgehead atoms. The minimum Gasteiger partial charge on any atom is -0.336 e. The summed E-state index contributed by atoms with van der Waals surface area (Å²) in [5.41, 5.74) is -0.0337. The number of nitrogens with one attached hydrogen (secondary N) is 3. The maximum Gasteiger partial charge on any atom is 0.319 e. The Morgan fingerprint density at radius 1 is 1.45 bits per heavy atom. The van der Waals surface area contributed by atoms with Gasteiger partial charge in [0.1, 0.15) is 11.6 Å². The molecule has 1 aromatic carbocycles. The maximum absolute atomic E-state index is 13.4. The molecule has 0 aliphatic carbocycles. The number of hydrogen-bond donors (Lipinski definition) is 3. The van der Waals surface area contributed by atoms with Gasteiger partial charge in [-0.2, -0.15) is 0 Å². The molecule has 1 heterocycles. The fraction of sp³-hybridized carbons (Fsp3) is 0.500. The summed E-state index contributed by atoms with van der Waals surface area (Å²) in [6.07, 6.45) is 2.28. The van der Waals surface area contributed by atoms with E-state index in [2.05, 4.69) is 22.9 Å². The molecular weight excluding hydrogens is 264 g/mol. The minimum atomic E-state index is -0.788. The Balaban J connectivity index is 1.83. The van der Waals surface area contributed by atoms with Gasteiger partial charge in [0.25, 0.3) is 0 Å². The van der Waals surface area contributed by atoms with Crippen LogP contribution in [-0.2, 0) is 0 Å². The second kappa shape index (κ2) is 6.65. The largest absolute Gasteiger partial charge is 0.336 e. The van der Waals surface area contributed by atoms with Gasteiger partial charge in [0.05, 0.1) is 5.69 Å². The van der Waals surface area contributed by atoms with Gasteiger partial charge in [-0.05, 0) is 37.4 Å². The topological polar surface area (TPSA) is 53.2 Å². The third-order valence-corrected chi connectivity index (χ3v) is 3.59. The molecule has 0 spiro atoms. The lowest BCUT2D eigenvalue weighted by Gasteiger charge is -2.30. The molecule has 1 fully saturated rings. The third-order valence-electron chi connectivity index (χ3n) is 3.59. The summed E-state index contributed by atoms with van der Waals surface area (Å²) in [4.78, 5) is 11.7. The molecule has 1 aliphatic heterocycles. The average Bonchev–Trinajstić information content (AvgIpc) is 2.41. The van der Waals surface area contributed by atoms with Gasteiger partial charge in [0, 0.05) is 18.7 Å². The van der Waals surface area contributed by atoms with E-state index in [-0.39, 0.29) is 11.7 Å². The zero-order valence-corrected chi connectivity index (χ0v) is 11.4. The third kappa shape index (κ3) is 3.90. The maximum atomic E-state index is 13.4. The fourth-order valence-electron chi connectivity index (χ4n) is 2.35. The summed E-state index contributed by atoms with van der Waals surface area (Å²) in [6, 6.07) is 2.78. The van der Waals surface area contributed by atoms with E-state index in [1.165, 1.54) is 6.07 Å². The van der Waals surface area contributed by atoms with Crippen molar-refractivity contribution >= 4 is 11.7 Å². The van der Waals surface area contributed by atoms with Crippen LogP contribution in [0.1, 0.15) is 19.8 Å². The SMILES string of the molecule is CC1CCCNC1CNC(=O)Nc1ccc(F)cc1F. The average molecular weight is 283 g/mol. The minimum absolute atomic E-state index is 0.0337. The van der Waals surface area contributed by atoms with E-state index in [4.69, 9.17) is 0 Å². The standard InChI is InChI=1S/C14H19F2N3O/c1-9-3-2-6-17-13(9)8-18-14(20)19-12-5-4-10(15)7-11(12)16/h4-5,7,9,13,17H,2-3,6,8H2,1H3,(H2,18,19,20). The van der Waals surface area contributed by atoms with Crippen LogP contribution in [0.2, 0.25) is 0 Å². The van der Waals surface area contributed by atoms with E-state index in [0.717, 1.165) is 31.5 Å². The number of urea groups is 1. The van der Waals surface area contributed by atoms with Crippen LogP contribution in [0.15, 0.2) is 18.2 Å². The number of carbonyl (C=O) groups is 1. The highest BCUT2D eigenvalue weighted by Crippen LogP contribution is 2.16. The highest BCUT2D eigenvalue weighted by Gasteiger charge is 2.21. The molecule has 110 valence electrons. The predicted octanol–water partition coefficient (Wildman–Crippen LogP) is 2.47. The van der Waals surface area contributed by atoms with E-state index in [0.29, 0.717) is 12.5 Å². The molecule has 2 rings (SSSR count). The number of benzene rings is 1. The van der Waals surface area contributed by atoms with Crippen molar-refractivity contribution < 1.29 is 13.6 Å². The van der Waals surface area contributed by atoms with Crippen molar-refractivity contribution in [3.63, 3.8) is 0 Å². The van der Waals surface area contributed by atoms with Gasteiger partial charge < -0.3 is 16.0 Å². The summed E-state index contributed by atoms with van der Waals surface area (Å²) in [5.74, 6) is -0.968. The molecule has 1 saturated heterocycles. The molecule has 2 unspecified atom stereocenters. The molecule has 20 heavy (non-hydrogen) atoms. The molecule has 0 aromatic heterocycles.